The van der Waals surface area contributed by atoms with Crippen LogP contribution in [0.25, 0.3) is 0 Å². The monoisotopic (exact) mass is 214 g/mol. The summed E-state index contributed by atoms with van der Waals surface area (Å²) in [5.74, 6) is 0.167. The molecule has 0 aliphatic heterocycles. The number of halogens is 1. The van der Waals surface area contributed by atoms with Gasteiger partial charge < -0.3 is 4.74 Å². The molecule has 0 radical (unpaired) electrons. The summed E-state index contributed by atoms with van der Waals surface area (Å²) in [6.45, 7) is 2.21. The lowest BCUT2D eigenvalue weighted by Gasteiger charge is -2.14. The smallest absolute Gasteiger partial charge is 0.349 e. The van der Waals surface area contributed by atoms with Crippen molar-refractivity contribution in [2.75, 3.05) is 7.11 Å². The third-order valence-corrected chi connectivity index (χ3v) is 4.05. The highest BCUT2D eigenvalue weighted by molar-refractivity contribution is 6.42. The van der Waals surface area contributed by atoms with Crippen LogP contribution in [0.5, 0.6) is 0 Å². The van der Waals surface area contributed by atoms with Crippen LogP contribution in [-0.4, -0.2) is 13.1 Å². The normalized spacial score (nSPS) is 38.6. The molecule has 0 aromatic heterocycles. The van der Waals surface area contributed by atoms with E-state index in [1.165, 1.54) is 32.8 Å². The second-order valence-corrected chi connectivity index (χ2v) is 4.81. The summed E-state index contributed by atoms with van der Waals surface area (Å²) < 4.78 is 4.64. The Labute approximate surface area is 89.3 Å². The first-order chi connectivity index (χ1) is 6.61. The topological polar surface area (TPSA) is 26.3 Å². The predicted octanol–water partition coefficient (Wildman–Crippen LogP) is 2.86. The lowest BCUT2D eigenvalue weighted by atomic mass is 9.90. The Balaban J connectivity index is 2.25. The maximum absolute atomic E-state index is 11.3. The maximum Gasteiger partial charge on any atom is 0.349 e. The van der Waals surface area contributed by atoms with E-state index in [1.807, 2.05) is 0 Å². The number of esters is 1. The van der Waals surface area contributed by atoms with Gasteiger partial charge in [0.25, 0.3) is 0 Å². The SMILES string of the molecule is COC(=O)C(Cl)=C1C2CCCCC12C. The van der Waals surface area contributed by atoms with E-state index >= 15 is 0 Å². The molecular weight excluding hydrogens is 200 g/mol. The van der Waals surface area contributed by atoms with Crippen molar-refractivity contribution in [3.05, 3.63) is 10.6 Å². The molecule has 0 amide bonds. The molecule has 0 N–H and O–H groups in total. The molecule has 2 unspecified atom stereocenters. The molecule has 2 aliphatic carbocycles. The van der Waals surface area contributed by atoms with Crippen LogP contribution in [0, 0.1) is 11.3 Å². The molecule has 0 aromatic carbocycles. The molecule has 2 saturated carbocycles. The Bertz CT molecular complexity index is 308. The van der Waals surface area contributed by atoms with Gasteiger partial charge in [-0.2, -0.15) is 0 Å². The number of rotatable bonds is 1. The highest BCUT2D eigenvalue weighted by Crippen LogP contribution is 2.67. The molecule has 0 bridgehead atoms. The van der Waals surface area contributed by atoms with Crippen molar-refractivity contribution in [1.29, 1.82) is 0 Å². The minimum absolute atomic E-state index is 0.212. The molecule has 2 rings (SSSR count). The molecule has 78 valence electrons. The molecule has 0 aromatic rings. The van der Waals surface area contributed by atoms with Gasteiger partial charge in [0.15, 0.2) is 0 Å². The molecule has 0 spiro atoms. The number of carbonyl (C=O) groups is 1. The van der Waals surface area contributed by atoms with Crippen LogP contribution in [0.4, 0.5) is 0 Å². The summed E-state index contributed by atoms with van der Waals surface area (Å²) in [5, 5.41) is 0.335. The molecule has 2 nitrogen and oxygen atoms in total. The number of hydrogen-bond donors (Lipinski definition) is 0. The zero-order valence-electron chi connectivity index (χ0n) is 8.60. The van der Waals surface area contributed by atoms with E-state index in [0.717, 1.165) is 5.57 Å². The van der Waals surface area contributed by atoms with Crippen LogP contribution in [-0.2, 0) is 9.53 Å². The first-order valence-electron chi connectivity index (χ1n) is 5.09. The van der Waals surface area contributed by atoms with Crippen molar-refractivity contribution in [2.24, 2.45) is 11.3 Å². The number of allylic oxidation sites excluding steroid dienone is 1. The fourth-order valence-corrected chi connectivity index (χ4v) is 3.21. The van der Waals surface area contributed by atoms with Crippen LogP contribution in [0.2, 0.25) is 0 Å². The van der Waals surface area contributed by atoms with Gasteiger partial charge in [-0.1, -0.05) is 31.4 Å². The molecule has 2 aliphatic rings. The van der Waals surface area contributed by atoms with Crippen LogP contribution in [0.3, 0.4) is 0 Å². The largest absolute Gasteiger partial charge is 0.465 e. The third kappa shape index (κ3) is 1.28. The molecule has 2 atom stereocenters. The number of carbonyl (C=O) groups excluding carboxylic acids is 1. The summed E-state index contributed by atoms with van der Waals surface area (Å²) in [6.07, 6.45) is 4.86. The van der Waals surface area contributed by atoms with Crippen molar-refractivity contribution in [3.63, 3.8) is 0 Å². The quantitative estimate of drug-likeness (QED) is 0.496. The predicted molar refractivity (Wildman–Crippen MR) is 55.0 cm³/mol. The van der Waals surface area contributed by atoms with Crippen molar-refractivity contribution >= 4 is 17.6 Å². The molecular formula is C11H15ClO2. The lowest BCUT2D eigenvalue weighted by molar-refractivity contribution is -0.135. The van der Waals surface area contributed by atoms with Crippen molar-refractivity contribution in [1.82, 2.24) is 0 Å². The van der Waals surface area contributed by atoms with Crippen LogP contribution in [0.15, 0.2) is 10.6 Å². The minimum Gasteiger partial charge on any atom is -0.465 e. The zero-order chi connectivity index (χ0) is 10.3. The molecule has 3 heteroatoms. The third-order valence-electron chi connectivity index (χ3n) is 3.69. The summed E-state index contributed by atoms with van der Waals surface area (Å²) in [7, 11) is 1.37. The van der Waals surface area contributed by atoms with E-state index in [4.69, 9.17) is 11.6 Å². The van der Waals surface area contributed by atoms with Gasteiger partial charge in [-0.25, -0.2) is 4.79 Å². The Morgan fingerprint density at radius 2 is 2.29 bits per heavy atom. The van der Waals surface area contributed by atoms with Gasteiger partial charge in [-0.3, -0.25) is 0 Å². The van der Waals surface area contributed by atoms with E-state index in [2.05, 4.69) is 11.7 Å². The highest BCUT2D eigenvalue weighted by Gasteiger charge is 2.58. The fourth-order valence-electron chi connectivity index (χ4n) is 2.78. The average molecular weight is 215 g/mol. The Hall–Kier alpha value is -0.500. The lowest BCUT2D eigenvalue weighted by Crippen LogP contribution is -2.04. The number of methoxy groups -OCH3 is 1. The summed E-state index contributed by atoms with van der Waals surface area (Å²) in [5.41, 5.74) is 1.35. The van der Waals surface area contributed by atoms with Gasteiger partial charge in [0.2, 0.25) is 0 Å². The van der Waals surface area contributed by atoms with Crippen LogP contribution in [0.1, 0.15) is 32.6 Å². The van der Waals surface area contributed by atoms with Crippen molar-refractivity contribution < 1.29 is 9.53 Å². The Morgan fingerprint density at radius 1 is 1.57 bits per heavy atom. The minimum atomic E-state index is -0.378. The summed E-state index contributed by atoms with van der Waals surface area (Å²) in [6, 6.07) is 0. The number of ether oxygens (including phenoxy) is 1. The second-order valence-electron chi connectivity index (χ2n) is 4.44. The van der Waals surface area contributed by atoms with E-state index in [0.29, 0.717) is 11.0 Å². The van der Waals surface area contributed by atoms with Gasteiger partial charge in [0.1, 0.15) is 5.03 Å². The van der Waals surface area contributed by atoms with Gasteiger partial charge in [0, 0.05) is 0 Å². The van der Waals surface area contributed by atoms with Crippen LogP contribution >= 0.6 is 11.6 Å². The van der Waals surface area contributed by atoms with Crippen molar-refractivity contribution in [3.8, 4) is 0 Å². The Morgan fingerprint density at radius 3 is 2.79 bits per heavy atom. The van der Waals surface area contributed by atoms with E-state index in [-0.39, 0.29) is 11.4 Å². The molecule has 0 heterocycles. The number of hydrogen-bond acceptors (Lipinski definition) is 2. The standard InChI is InChI=1S/C11H15ClO2/c1-11-6-4-3-5-7(11)8(11)9(12)10(13)14-2/h7H,3-6H2,1-2H3. The van der Waals surface area contributed by atoms with Gasteiger partial charge >= 0.3 is 5.97 Å². The average Bonchev–Trinajstić information content (AvgIpc) is 2.81. The number of fused-ring (bicyclic) bond motifs is 1. The summed E-state index contributed by atoms with van der Waals surface area (Å²) >= 11 is 6.00. The van der Waals surface area contributed by atoms with E-state index < -0.39 is 0 Å². The van der Waals surface area contributed by atoms with Gasteiger partial charge in [0.05, 0.1) is 7.11 Å². The van der Waals surface area contributed by atoms with E-state index in [1.54, 1.807) is 0 Å². The van der Waals surface area contributed by atoms with Crippen molar-refractivity contribution in [2.45, 2.75) is 32.6 Å². The first-order valence-corrected chi connectivity index (χ1v) is 5.47. The highest BCUT2D eigenvalue weighted by atomic mass is 35.5. The van der Waals surface area contributed by atoms with E-state index in [9.17, 15) is 4.79 Å². The first kappa shape index (κ1) is 10.0. The molecule has 0 saturated heterocycles. The second kappa shape index (κ2) is 3.27. The molecule has 14 heavy (non-hydrogen) atoms. The zero-order valence-corrected chi connectivity index (χ0v) is 9.36. The van der Waals surface area contributed by atoms with Gasteiger partial charge in [-0.15, -0.1) is 0 Å². The summed E-state index contributed by atoms with van der Waals surface area (Å²) in [4.78, 5) is 11.3. The van der Waals surface area contributed by atoms with Crippen LogP contribution < -0.4 is 0 Å². The maximum atomic E-state index is 11.3. The Kier molecular flexibility index (Phi) is 2.34. The van der Waals surface area contributed by atoms with Gasteiger partial charge in [-0.05, 0) is 29.7 Å². The fraction of sp³-hybridized carbons (Fsp3) is 0.727. The molecule has 2 fully saturated rings.